The average molecular weight is 435 g/mol. The van der Waals surface area contributed by atoms with Gasteiger partial charge in [-0.3, -0.25) is 4.79 Å². The zero-order valence-electron chi connectivity index (χ0n) is 18.3. The first-order valence-electron chi connectivity index (χ1n) is 11.1. The number of rotatable bonds is 7. The molecule has 1 heterocycles. The molecule has 0 spiro atoms. The first-order chi connectivity index (χ1) is 15.1. The molecule has 0 saturated heterocycles. The number of aryl methyl sites for hydroxylation is 2. The molecule has 0 aliphatic heterocycles. The van der Waals surface area contributed by atoms with Gasteiger partial charge in [0, 0.05) is 11.6 Å². The van der Waals surface area contributed by atoms with E-state index >= 15 is 0 Å². The van der Waals surface area contributed by atoms with Crippen molar-refractivity contribution in [3.8, 4) is 0 Å². The van der Waals surface area contributed by atoms with Crippen molar-refractivity contribution >= 4 is 23.4 Å². The third-order valence-corrected chi connectivity index (χ3v) is 6.94. The molecule has 5 nitrogen and oxygen atoms in total. The van der Waals surface area contributed by atoms with Crippen molar-refractivity contribution in [2.75, 3.05) is 11.1 Å². The van der Waals surface area contributed by atoms with Crippen LogP contribution in [0.1, 0.15) is 60.5 Å². The van der Waals surface area contributed by atoms with E-state index in [0.29, 0.717) is 11.7 Å². The number of hydrogen-bond donors (Lipinski definition) is 1. The number of benzene rings is 2. The fraction of sp³-hybridized carbons (Fsp3) is 0.400. The van der Waals surface area contributed by atoms with Crippen LogP contribution in [0, 0.1) is 13.8 Å². The van der Waals surface area contributed by atoms with Gasteiger partial charge in [-0.15, -0.1) is 10.2 Å². The van der Waals surface area contributed by atoms with Crippen LogP contribution in [-0.2, 0) is 11.3 Å². The van der Waals surface area contributed by atoms with Gasteiger partial charge in [-0.05, 0) is 43.4 Å². The molecule has 1 aliphatic carbocycles. The molecule has 2 aromatic carbocycles. The van der Waals surface area contributed by atoms with Crippen molar-refractivity contribution in [1.29, 1.82) is 0 Å². The number of carbonyl (C=O) groups is 1. The van der Waals surface area contributed by atoms with Crippen molar-refractivity contribution in [1.82, 2.24) is 14.8 Å². The van der Waals surface area contributed by atoms with Gasteiger partial charge in [-0.1, -0.05) is 79.6 Å². The molecule has 0 atom stereocenters. The van der Waals surface area contributed by atoms with E-state index in [-0.39, 0.29) is 5.91 Å². The van der Waals surface area contributed by atoms with Gasteiger partial charge >= 0.3 is 0 Å². The molecule has 162 valence electrons. The first kappa shape index (κ1) is 21.6. The van der Waals surface area contributed by atoms with E-state index in [4.69, 9.17) is 0 Å². The quantitative estimate of drug-likeness (QED) is 0.483. The molecule has 31 heavy (non-hydrogen) atoms. The summed E-state index contributed by atoms with van der Waals surface area (Å²) >= 11 is 1.47. The maximum absolute atomic E-state index is 12.7. The maximum Gasteiger partial charge on any atom is 0.234 e. The second-order valence-electron chi connectivity index (χ2n) is 8.35. The summed E-state index contributed by atoms with van der Waals surface area (Å²) in [7, 11) is 0. The number of aromatic nitrogens is 3. The summed E-state index contributed by atoms with van der Waals surface area (Å²) in [4.78, 5) is 12.7. The van der Waals surface area contributed by atoms with Gasteiger partial charge in [0.15, 0.2) is 5.16 Å². The molecule has 0 bridgehead atoms. The molecule has 1 aliphatic rings. The number of thioether (sulfide) groups is 1. The highest BCUT2D eigenvalue weighted by Crippen LogP contribution is 2.33. The Morgan fingerprint density at radius 1 is 1.00 bits per heavy atom. The van der Waals surface area contributed by atoms with Crippen LogP contribution in [0.5, 0.6) is 0 Å². The summed E-state index contributed by atoms with van der Waals surface area (Å²) in [5.74, 6) is 1.82. The number of anilines is 1. The van der Waals surface area contributed by atoms with E-state index in [9.17, 15) is 4.79 Å². The molecule has 4 rings (SSSR count). The lowest BCUT2D eigenvalue weighted by molar-refractivity contribution is -0.113. The minimum Gasteiger partial charge on any atom is -0.325 e. The van der Waals surface area contributed by atoms with Crippen molar-refractivity contribution in [2.24, 2.45) is 0 Å². The Morgan fingerprint density at radius 3 is 2.42 bits per heavy atom. The van der Waals surface area contributed by atoms with Crippen LogP contribution in [0.15, 0.2) is 53.7 Å². The largest absolute Gasteiger partial charge is 0.325 e. The van der Waals surface area contributed by atoms with E-state index < -0.39 is 0 Å². The maximum atomic E-state index is 12.7. The minimum absolute atomic E-state index is 0.0177. The number of para-hydroxylation sites is 1. The second kappa shape index (κ2) is 10.1. The van der Waals surface area contributed by atoms with Crippen molar-refractivity contribution in [3.05, 3.63) is 71.0 Å². The Balaban J connectivity index is 1.50. The summed E-state index contributed by atoms with van der Waals surface area (Å²) in [6, 6.07) is 16.5. The van der Waals surface area contributed by atoms with Crippen LogP contribution >= 0.6 is 11.8 Å². The van der Waals surface area contributed by atoms with E-state index in [1.54, 1.807) is 0 Å². The average Bonchev–Trinajstić information content (AvgIpc) is 3.18. The summed E-state index contributed by atoms with van der Waals surface area (Å²) in [5.41, 5.74) is 4.28. The van der Waals surface area contributed by atoms with E-state index in [2.05, 4.69) is 44.3 Å². The standard InChI is InChI=1S/C25H30N4OS/c1-18-10-9-11-19(2)23(18)26-22(30)17-31-25-28-27-24(21-14-7-4-8-15-21)29(25)16-20-12-5-3-6-13-20/h3,5-6,9-13,21H,4,7-8,14-17H2,1-2H3,(H,26,30). The van der Waals surface area contributed by atoms with Crippen molar-refractivity contribution in [2.45, 2.75) is 63.6 Å². The normalized spacial score (nSPS) is 14.5. The Morgan fingerprint density at radius 2 is 1.71 bits per heavy atom. The Hall–Kier alpha value is -2.60. The van der Waals surface area contributed by atoms with Gasteiger partial charge in [0.2, 0.25) is 5.91 Å². The number of nitrogens with one attached hydrogen (secondary N) is 1. The van der Waals surface area contributed by atoms with Crippen molar-refractivity contribution in [3.63, 3.8) is 0 Å². The lowest BCUT2D eigenvalue weighted by Gasteiger charge is -2.22. The molecule has 1 amide bonds. The smallest absolute Gasteiger partial charge is 0.234 e. The second-order valence-corrected chi connectivity index (χ2v) is 9.29. The van der Waals surface area contributed by atoms with Crippen molar-refractivity contribution < 1.29 is 4.79 Å². The van der Waals surface area contributed by atoms with Gasteiger partial charge in [0.05, 0.1) is 12.3 Å². The zero-order chi connectivity index (χ0) is 21.6. The topological polar surface area (TPSA) is 59.8 Å². The summed E-state index contributed by atoms with van der Waals surface area (Å²) in [5, 5.41) is 13.0. The Bertz CT molecular complexity index is 1010. The summed E-state index contributed by atoms with van der Waals surface area (Å²) < 4.78 is 2.22. The highest BCUT2D eigenvalue weighted by molar-refractivity contribution is 7.99. The lowest BCUT2D eigenvalue weighted by atomic mass is 9.88. The molecule has 1 aromatic heterocycles. The van der Waals surface area contributed by atoms with Crippen LogP contribution in [0.2, 0.25) is 0 Å². The van der Waals surface area contributed by atoms with E-state index in [0.717, 1.165) is 34.3 Å². The van der Waals surface area contributed by atoms with Gasteiger partial charge in [-0.2, -0.15) is 0 Å². The Labute approximate surface area is 188 Å². The highest BCUT2D eigenvalue weighted by Gasteiger charge is 2.24. The summed E-state index contributed by atoms with van der Waals surface area (Å²) in [6.45, 7) is 4.77. The van der Waals surface area contributed by atoms with Crippen LogP contribution in [-0.4, -0.2) is 26.4 Å². The molecule has 0 radical (unpaired) electrons. The van der Waals surface area contributed by atoms with Gasteiger partial charge in [0.25, 0.3) is 0 Å². The third-order valence-electron chi connectivity index (χ3n) is 5.98. The third kappa shape index (κ3) is 5.37. The van der Waals surface area contributed by atoms with Crippen LogP contribution < -0.4 is 5.32 Å². The van der Waals surface area contributed by atoms with Gasteiger partial charge < -0.3 is 9.88 Å². The Kier molecular flexibility index (Phi) is 7.07. The minimum atomic E-state index is -0.0177. The molecular formula is C25H30N4OS. The molecule has 3 aromatic rings. The molecular weight excluding hydrogens is 404 g/mol. The predicted molar refractivity (Wildman–Crippen MR) is 127 cm³/mol. The SMILES string of the molecule is Cc1cccc(C)c1NC(=O)CSc1nnc(C2CCCCC2)n1Cc1ccccc1. The van der Waals surface area contributed by atoms with Gasteiger partial charge in [-0.25, -0.2) is 0 Å². The predicted octanol–water partition coefficient (Wildman–Crippen LogP) is 5.72. The molecule has 0 unspecified atom stereocenters. The zero-order valence-corrected chi connectivity index (χ0v) is 19.1. The first-order valence-corrected chi connectivity index (χ1v) is 12.1. The molecule has 1 fully saturated rings. The number of nitrogens with zero attached hydrogens (tertiary/aromatic N) is 3. The summed E-state index contributed by atoms with van der Waals surface area (Å²) in [6.07, 6.45) is 6.16. The fourth-order valence-electron chi connectivity index (χ4n) is 4.30. The highest BCUT2D eigenvalue weighted by atomic mass is 32.2. The van der Waals surface area contributed by atoms with E-state index in [1.165, 1.54) is 49.4 Å². The van der Waals surface area contributed by atoms with Crippen LogP contribution in [0.3, 0.4) is 0 Å². The van der Waals surface area contributed by atoms with Crippen LogP contribution in [0.4, 0.5) is 5.69 Å². The fourth-order valence-corrected chi connectivity index (χ4v) is 5.05. The number of hydrogen-bond acceptors (Lipinski definition) is 4. The van der Waals surface area contributed by atoms with Crippen LogP contribution in [0.25, 0.3) is 0 Å². The van der Waals surface area contributed by atoms with Gasteiger partial charge in [0.1, 0.15) is 5.82 Å². The molecule has 1 N–H and O–H groups in total. The monoisotopic (exact) mass is 434 g/mol. The number of amides is 1. The van der Waals surface area contributed by atoms with E-state index in [1.807, 2.05) is 38.1 Å². The molecule has 6 heteroatoms. The number of carbonyl (C=O) groups excluding carboxylic acids is 1. The lowest BCUT2D eigenvalue weighted by Crippen LogP contribution is -2.17. The molecule has 1 saturated carbocycles.